The standard InChI is InChI=1S/C24H34N2O4S/c1-4-7-18-26(19-8-5-2)31(28,29)22-16-14-20(15-17-22)25-24(27)23(6-3)30-21-12-10-9-11-13-21/h9-17,23H,4-8,18-19H2,1-3H3,(H,25,27). The van der Waals surface area contributed by atoms with E-state index in [9.17, 15) is 13.2 Å². The van der Waals surface area contributed by atoms with Gasteiger partial charge in [-0.05, 0) is 55.7 Å². The number of hydrogen-bond donors (Lipinski definition) is 1. The number of unbranched alkanes of at least 4 members (excludes halogenated alkanes) is 2. The van der Waals surface area contributed by atoms with Crippen LogP contribution in [0.25, 0.3) is 0 Å². The minimum absolute atomic E-state index is 0.241. The topological polar surface area (TPSA) is 75.7 Å². The van der Waals surface area contributed by atoms with Crippen LogP contribution in [0.4, 0.5) is 5.69 Å². The van der Waals surface area contributed by atoms with Crippen molar-refractivity contribution in [2.24, 2.45) is 0 Å². The van der Waals surface area contributed by atoms with Crippen LogP contribution in [-0.4, -0.2) is 37.8 Å². The third kappa shape index (κ3) is 7.36. The number of ether oxygens (including phenoxy) is 1. The molecule has 2 aromatic carbocycles. The zero-order valence-electron chi connectivity index (χ0n) is 18.7. The Hall–Kier alpha value is -2.38. The Morgan fingerprint density at radius 3 is 2.03 bits per heavy atom. The van der Waals surface area contributed by atoms with E-state index in [-0.39, 0.29) is 10.8 Å². The van der Waals surface area contributed by atoms with Gasteiger partial charge in [-0.1, -0.05) is 51.8 Å². The van der Waals surface area contributed by atoms with E-state index in [1.807, 2.05) is 39.0 Å². The van der Waals surface area contributed by atoms with Gasteiger partial charge in [-0.2, -0.15) is 4.31 Å². The third-order valence-electron chi connectivity index (χ3n) is 4.97. The molecule has 1 N–H and O–H groups in total. The van der Waals surface area contributed by atoms with Gasteiger partial charge in [0, 0.05) is 18.8 Å². The van der Waals surface area contributed by atoms with Crippen LogP contribution in [0.1, 0.15) is 52.9 Å². The summed E-state index contributed by atoms with van der Waals surface area (Å²) in [5.41, 5.74) is 0.535. The first-order valence-corrected chi connectivity index (χ1v) is 12.5. The second kappa shape index (κ2) is 12.5. The molecular weight excluding hydrogens is 412 g/mol. The number of rotatable bonds is 13. The molecule has 0 radical (unpaired) electrons. The molecular formula is C24H34N2O4S. The maximum Gasteiger partial charge on any atom is 0.265 e. The summed E-state index contributed by atoms with van der Waals surface area (Å²) in [6.45, 7) is 7.02. The summed E-state index contributed by atoms with van der Waals surface area (Å²) in [6.07, 6.45) is 3.41. The summed E-state index contributed by atoms with van der Waals surface area (Å²) in [7, 11) is -3.56. The first-order chi connectivity index (χ1) is 14.9. The molecule has 0 bridgehead atoms. The molecule has 31 heavy (non-hydrogen) atoms. The van der Waals surface area contributed by atoms with Crippen molar-refractivity contribution in [3.05, 3.63) is 54.6 Å². The van der Waals surface area contributed by atoms with E-state index < -0.39 is 16.1 Å². The number of carbonyl (C=O) groups is 1. The van der Waals surface area contributed by atoms with Crippen molar-refractivity contribution >= 4 is 21.6 Å². The highest BCUT2D eigenvalue weighted by Crippen LogP contribution is 2.20. The number of hydrogen-bond acceptors (Lipinski definition) is 4. The molecule has 0 aromatic heterocycles. The molecule has 170 valence electrons. The van der Waals surface area contributed by atoms with Crippen LogP contribution >= 0.6 is 0 Å². The second-order valence-corrected chi connectivity index (χ2v) is 9.39. The number of anilines is 1. The highest BCUT2D eigenvalue weighted by molar-refractivity contribution is 7.89. The van der Waals surface area contributed by atoms with Gasteiger partial charge < -0.3 is 10.1 Å². The average molecular weight is 447 g/mol. The summed E-state index contributed by atoms with van der Waals surface area (Å²) in [6, 6.07) is 15.5. The zero-order valence-corrected chi connectivity index (χ0v) is 19.5. The quantitative estimate of drug-likeness (QED) is 0.466. The molecule has 7 heteroatoms. The third-order valence-corrected chi connectivity index (χ3v) is 6.88. The molecule has 2 rings (SSSR count). The first-order valence-electron chi connectivity index (χ1n) is 11.0. The molecule has 0 saturated heterocycles. The number of amides is 1. The summed E-state index contributed by atoms with van der Waals surface area (Å²) >= 11 is 0. The molecule has 6 nitrogen and oxygen atoms in total. The largest absolute Gasteiger partial charge is 0.481 e. The minimum atomic E-state index is -3.56. The summed E-state index contributed by atoms with van der Waals surface area (Å²) < 4.78 is 33.4. The van der Waals surface area contributed by atoms with Crippen LogP contribution in [-0.2, 0) is 14.8 Å². The smallest absolute Gasteiger partial charge is 0.265 e. The number of para-hydroxylation sites is 1. The summed E-state index contributed by atoms with van der Waals surface area (Å²) in [5.74, 6) is 0.361. The van der Waals surface area contributed by atoms with Crippen LogP contribution < -0.4 is 10.1 Å². The van der Waals surface area contributed by atoms with Crippen molar-refractivity contribution < 1.29 is 17.9 Å². The van der Waals surface area contributed by atoms with Gasteiger partial charge in [-0.3, -0.25) is 4.79 Å². The van der Waals surface area contributed by atoms with Gasteiger partial charge in [0.25, 0.3) is 5.91 Å². The van der Waals surface area contributed by atoms with E-state index >= 15 is 0 Å². The SMILES string of the molecule is CCCCN(CCCC)S(=O)(=O)c1ccc(NC(=O)C(CC)Oc2ccccc2)cc1. The molecule has 0 aliphatic heterocycles. The van der Waals surface area contributed by atoms with Gasteiger partial charge >= 0.3 is 0 Å². The van der Waals surface area contributed by atoms with E-state index in [2.05, 4.69) is 5.32 Å². The van der Waals surface area contributed by atoms with E-state index in [1.165, 1.54) is 0 Å². The molecule has 0 saturated carbocycles. The summed E-state index contributed by atoms with van der Waals surface area (Å²) in [4.78, 5) is 12.9. The van der Waals surface area contributed by atoms with Crippen molar-refractivity contribution in [3.63, 3.8) is 0 Å². The molecule has 0 heterocycles. The van der Waals surface area contributed by atoms with Crippen molar-refractivity contribution in [1.29, 1.82) is 0 Å². The van der Waals surface area contributed by atoms with Crippen molar-refractivity contribution in [2.45, 2.75) is 63.9 Å². The maximum atomic E-state index is 13.1. The molecule has 1 unspecified atom stereocenters. The Morgan fingerprint density at radius 2 is 1.52 bits per heavy atom. The van der Waals surface area contributed by atoms with Gasteiger partial charge in [0.1, 0.15) is 5.75 Å². The Labute approximate surface area is 186 Å². The second-order valence-electron chi connectivity index (χ2n) is 7.45. The van der Waals surface area contributed by atoms with Gasteiger partial charge in [-0.15, -0.1) is 0 Å². The number of sulfonamides is 1. The van der Waals surface area contributed by atoms with Crippen LogP contribution in [0.15, 0.2) is 59.5 Å². The number of carbonyl (C=O) groups excluding carboxylic acids is 1. The molecule has 1 amide bonds. The average Bonchev–Trinajstić information content (AvgIpc) is 2.78. The molecule has 0 fully saturated rings. The van der Waals surface area contributed by atoms with Crippen molar-refractivity contribution in [2.75, 3.05) is 18.4 Å². The highest BCUT2D eigenvalue weighted by atomic mass is 32.2. The van der Waals surface area contributed by atoms with Gasteiger partial charge in [0.05, 0.1) is 4.90 Å². The molecule has 2 aromatic rings. The maximum absolute atomic E-state index is 13.1. The predicted molar refractivity (Wildman–Crippen MR) is 125 cm³/mol. The Kier molecular flexibility index (Phi) is 10.0. The normalized spacial score (nSPS) is 12.5. The molecule has 1 atom stereocenters. The van der Waals surface area contributed by atoms with Crippen LogP contribution in [0.5, 0.6) is 5.75 Å². The number of nitrogens with zero attached hydrogens (tertiary/aromatic N) is 1. The van der Waals surface area contributed by atoms with Gasteiger partial charge in [-0.25, -0.2) is 8.42 Å². The fraction of sp³-hybridized carbons (Fsp3) is 0.458. The number of benzene rings is 2. The molecule has 0 aliphatic carbocycles. The van der Waals surface area contributed by atoms with Crippen LogP contribution in [0.3, 0.4) is 0 Å². The minimum Gasteiger partial charge on any atom is -0.481 e. The van der Waals surface area contributed by atoms with E-state index in [0.29, 0.717) is 30.9 Å². The molecule has 0 spiro atoms. The Balaban J connectivity index is 2.07. The van der Waals surface area contributed by atoms with Crippen LogP contribution in [0, 0.1) is 0 Å². The number of nitrogens with one attached hydrogen (secondary N) is 1. The Bertz CT molecular complexity index is 891. The Morgan fingerprint density at radius 1 is 0.935 bits per heavy atom. The lowest BCUT2D eigenvalue weighted by Gasteiger charge is -2.22. The molecule has 0 aliphatic rings. The first kappa shape index (κ1) is 24.9. The lowest BCUT2D eigenvalue weighted by molar-refractivity contribution is -0.122. The van der Waals surface area contributed by atoms with Crippen LogP contribution in [0.2, 0.25) is 0 Å². The lowest BCUT2D eigenvalue weighted by atomic mass is 10.2. The van der Waals surface area contributed by atoms with Gasteiger partial charge in [0.2, 0.25) is 10.0 Å². The van der Waals surface area contributed by atoms with Gasteiger partial charge in [0.15, 0.2) is 6.10 Å². The van der Waals surface area contributed by atoms with E-state index in [0.717, 1.165) is 25.7 Å². The zero-order chi connectivity index (χ0) is 22.7. The predicted octanol–water partition coefficient (Wildman–Crippen LogP) is 5.07. The fourth-order valence-electron chi connectivity index (χ4n) is 3.09. The summed E-state index contributed by atoms with van der Waals surface area (Å²) in [5, 5.41) is 2.82. The monoisotopic (exact) mass is 446 g/mol. The van der Waals surface area contributed by atoms with Crippen molar-refractivity contribution in [1.82, 2.24) is 4.31 Å². The van der Waals surface area contributed by atoms with Crippen molar-refractivity contribution in [3.8, 4) is 5.75 Å². The lowest BCUT2D eigenvalue weighted by Crippen LogP contribution is -2.33. The highest BCUT2D eigenvalue weighted by Gasteiger charge is 2.24. The fourth-order valence-corrected chi connectivity index (χ4v) is 4.61. The van der Waals surface area contributed by atoms with E-state index in [4.69, 9.17) is 4.74 Å². The van der Waals surface area contributed by atoms with E-state index in [1.54, 1.807) is 40.7 Å².